The van der Waals surface area contributed by atoms with Gasteiger partial charge in [0.15, 0.2) is 5.65 Å². The molecule has 0 aliphatic carbocycles. The van der Waals surface area contributed by atoms with Gasteiger partial charge >= 0.3 is 0 Å². The first-order valence-corrected chi connectivity index (χ1v) is 11.9. The number of ether oxygens (including phenoxy) is 3. The molecule has 0 saturated heterocycles. The summed E-state index contributed by atoms with van der Waals surface area (Å²) >= 11 is 0. The molecule has 0 saturated carbocycles. The summed E-state index contributed by atoms with van der Waals surface area (Å²) in [7, 11) is 3.44. The van der Waals surface area contributed by atoms with Crippen LogP contribution in [0.4, 0.5) is 0 Å². The Morgan fingerprint density at radius 1 is 1.11 bits per heavy atom. The number of carbonyl (C=O) groups is 1. The number of fused-ring (bicyclic) bond motifs is 1. The average Bonchev–Trinajstić information content (AvgIpc) is 3.19. The fourth-order valence-electron chi connectivity index (χ4n) is 4.14. The summed E-state index contributed by atoms with van der Waals surface area (Å²) in [6.07, 6.45) is 2.59. The molecule has 3 heterocycles. The molecule has 1 amide bonds. The lowest BCUT2D eigenvalue weighted by molar-refractivity contribution is -0.121. The number of aryl methyl sites for hydroxylation is 3. The Morgan fingerprint density at radius 2 is 1.86 bits per heavy atom. The number of hydrogen-bond donors (Lipinski definition) is 1. The van der Waals surface area contributed by atoms with Crippen LogP contribution >= 0.6 is 0 Å². The zero-order valence-corrected chi connectivity index (χ0v) is 21.3. The van der Waals surface area contributed by atoms with Gasteiger partial charge in [0.1, 0.15) is 11.5 Å². The third kappa shape index (κ3) is 5.56. The van der Waals surface area contributed by atoms with Crippen molar-refractivity contribution in [3.8, 4) is 23.3 Å². The van der Waals surface area contributed by atoms with E-state index in [-0.39, 0.29) is 5.91 Å². The first-order valence-electron chi connectivity index (χ1n) is 11.9. The highest BCUT2D eigenvalue weighted by molar-refractivity contribution is 5.86. The molecular weight excluding hydrogens is 458 g/mol. The van der Waals surface area contributed by atoms with Gasteiger partial charge in [-0.1, -0.05) is 0 Å². The lowest BCUT2D eigenvalue weighted by atomic mass is 10.00. The predicted molar refractivity (Wildman–Crippen MR) is 137 cm³/mol. The molecular formula is C27H31N5O4. The van der Waals surface area contributed by atoms with Gasteiger partial charge in [-0.2, -0.15) is 0 Å². The van der Waals surface area contributed by atoms with Crippen LogP contribution in [0.1, 0.15) is 35.7 Å². The molecule has 4 rings (SSSR count). The molecule has 0 aliphatic rings. The minimum Gasteiger partial charge on any atom is -0.494 e. The van der Waals surface area contributed by atoms with Crippen LogP contribution in [-0.2, 0) is 24.8 Å². The van der Waals surface area contributed by atoms with Gasteiger partial charge in [-0.05, 0) is 74.2 Å². The monoisotopic (exact) mass is 489 g/mol. The predicted octanol–water partition coefficient (Wildman–Crippen LogP) is 4.43. The lowest BCUT2D eigenvalue weighted by Gasteiger charge is -2.12. The van der Waals surface area contributed by atoms with Crippen molar-refractivity contribution < 1.29 is 19.0 Å². The molecule has 9 heteroatoms. The molecule has 0 spiro atoms. The Kier molecular flexibility index (Phi) is 7.68. The normalized spacial score (nSPS) is 10.9. The molecule has 0 bridgehead atoms. The van der Waals surface area contributed by atoms with Gasteiger partial charge in [-0.3, -0.25) is 4.79 Å². The SMILES string of the molecule is CCOc1ccc(Oc2cc(CNC(=O)CCc3c(C)nc4c(c(OC)nn4C)c3C)ccn2)cc1. The van der Waals surface area contributed by atoms with E-state index in [4.69, 9.17) is 19.2 Å². The molecule has 0 unspecified atom stereocenters. The van der Waals surface area contributed by atoms with E-state index in [0.717, 1.165) is 39.2 Å². The van der Waals surface area contributed by atoms with E-state index in [0.29, 0.717) is 43.5 Å². The number of pyridine rings is 2. The first kappa shape index (κ1) is 25.0. The summed E-state index contributed by atoms with van der Waals surface area (Å²) in [4.78, 5) is 21.6. The summed E-state index contributed by atoms with van der Waals surface area (Å²) in [6.45, 7) is 6.92. The Hall–Kier alpha value is -4.14. The second-order valence-electron chi connectivity index (χ2n) is 8.42. The zero-order chi connectivity index (χ0) is 25.7. The molecule has 0 aliphatic heterocycles. The van der Waals surface area contributed by atoms with E-state index in [9.17, 15) is 4.79 Å². The van der Waals surface area contributed by atoms with Crippen LogP contribution in [0.2, 0.25) is 0 Å². The number of nitrogens with zero attached hydrogens (tertiary/aromatic N) is 4. The topological polar surface area (TPSA) is 100 Å². The van der Waals surface area contributed by atoms with Crippen LogP contribution in [0.15, 0.2) is 42.6 Å². The van der Waals surface area contributed by atoms with E-state index in [1.807, 2.05) is 64.2 Å². The highest BCUT2D eigenvalue weighted by Gasteiger charge is 2.18. The quantitative estimate of drug-likeness (QED) is 0.352. The van der Waals surface area contributed by atoms with Crippen molar-refractivity contribution >= 4 is 16.9 Å². The molecule has 3 aromatic heterocycles. The van der Waals surface area contributed by atoms with Crippen molar-refractivity contribution in [3.05, 3.63) is 65.0 Å². The second kappa shape index (κ2) is 11.1. The number of amides is 1. The van der Waals surface area contributed by atoms with Crippen molar-refractivity contribution in [1.82, 2.24) is 25.1 Å². The summed E-state index contributed by atoms with van der Waals surface area (Å²) in [5.74, 6) is 2.41. The third-order valence-electron chi connectivity index (χ3n) is 5.96. The van der Waals surface area contributed by atoms with Gasteiger partial charge in [0, 0.05) is 38.0 Å². The van der Waals surface area contributed by atoms with Crippen molar-refractivity contribution in [3.63, 3.8) is 0 Å². The highest BCUT2D eigenvalue weighted by atomic mass is 16.5. The Morgan fingerprint density at radius 3 is 2.58 bits per heavy atom. The fourth-order valence-corrected chi connectivity index (χ4v) is 4.14. The maximum atomic E-state index is 12.6. The number of nitrogens with one attached hydrogen (secondary N) is 1. The molecule has 4 aromatic rings. The molecule has 36 heavy (non-hydrogen) atoms. The van der Waals surface area contributed by atoms with Crippen LogP contribution < -0.4 is 19.5 Å². The van der Waals surface area contributed by atoms with Gasteiger partial charge in [0.05, 0.1) is 19.1 Å². The average molecular weight is 490 g/mol. The minimum absolute atomic E-state index is 0.0437. The first-order chi connectivity index (χ1) is 17.4. The van der Waals surface area contributed by atoms with E-state index < -0.39 is 0 Å². The summed E-state index contributed by atoms with van der Waals surface area (Å²) in [5, 5.41) is 8.26. The van der Waals surface area contributed by atoms with E-state index in [2.05, 4.69) is 15.4 Å². The van der Waals surface area contributed by atoms with E-state index in [1.54, 1.807) is 18.0 Å². The van der Waals surface area contributed by atoms with E-state index in [1.165, 1.54) is 0 Å². The number of rotatable bonds is 10. The van der Waals surface area contributed by atoms with Crippen LogP contribution in [-0.4, -0.2) is 39.4 Å². The van der Waals surface area contributed by atoms with Crippen molar-refractivity contribution in [2.24, 2.45) is 7.05 Å². The molecule has 1 aromatic carbocycles. The minimum atomic E-state index is -0.0437. The van der Waals surface area contributed by atoms with Crippen LogP contribution in [0, 0.1) is 13.8 Å². The molecule has 1 N–H and O–H groups in total. The molecule has 0 atom stereocenters. The summed E-state index contributed by atoms with van der Waals surface area (Å²) in [5.41, 5.74) is 4.65. The number of hydrogen-bond acceptors (Lipinski definition) is 7. The standard InChI is InChI=1S/C27H31N5O4/c1-6-35-20-7-9-21(10-8-20)36-24-15-19(13-14-28-24)16-29-23(33)12-11-22-17(2)25-26(30-18(22)3)32(4)31-27(25)34-5/h7-10,13-15H,6,11-12,16H2,1-5H3,(H,29,33). The summed E-state index contributed by atoms with van der Waals surface area (Å²) < 4.78 is 18.4. The van der Waals surface area contributed by atoms with E-state index >= 15 is 0 Å². The van der Waals surface area contributed by atoms with Crippen molar-refractivity contribution in [2.75, 3.05) is 13.7 Å². The number of carbonyl (C=O) groups excluding carboxylic acids is 1. The van der Waals surface area contributed by atoms with Crippen LogP contribution in [0.5, 0.6) is 23.3 Å². The van der Waals surface area contributed by atoms with Gasteiger partial charge in [0.2, 0.25) is 17.7 Å². The molecule has 0 radical (unpaired) electrons. The highest BCUT2D eigenvalue weighted by Crippen LogP contribution is 2.30. The summed E-state index contributed by atoms with van der Waals surface area (Å²) in [6, 6.07) is 11.0. The van der Waals surface area contributed by atoms with Crippen molar-refractivity contribution in [2.45, 2.75) is 40.2 Å². The Balaban J connectivity index is 1.35. The lowest BCUT2D eigenvalue weighted by Crippen LogP contribution is -2.23. The maximum absolute atomic E-state index is 12.6. The van der Waals surface area contributed by atoms with Crippen LogP contribution in [0.25, 0.3) is 11.0 Å². The number of aromatic nitrogens is 4. The van der Waals surface area contributed by atoms with Crippen LogP contribution in [0.3, 0.4) is 0 Å². The number of methoxy groups -OCH3 is 1. The third-order valence-corrected chi connectivity index (χ3v) is 5.96. The molecule has 9 nitrogen and oxygen atoms in total. The molecule has 188 valence electrons. The van der Waals surface area contributed by atoms with Gasteiger partial charge in [-0.25, -0.2) is 14.6 Å². The zero-order valence-electron chi connectivity index (χ0n) is 21.3. The number of benzene rings is 1. The second-order valence-corrected chi connectivity index (χ2v) is 8.42. The Labute approximate surface area is 210 Å². The maximum Gasteiger partial charge on any atom is 0.242 e. The van der Waals surface area contributed by atoms with Gasteiger partial charge in [0.25, 0.3) is 0 Å². The van der Waals surface area contributed by atoms with Crippen molar-refractivity contribution in [1.29, 1.82) is 0 Å². The van der Waals surface area contributed by atoms with Gasteiger partial charge < -0.3 is 19.5 Å². The largest absolute Gasteiger partial charge is 0.494 e. The fraction of sp³-hybridized carbons (Fsp3) is 0.333. The van der Waals surface area contributed by atoms with Gasteiger partial charge in [-0.15, -0.1) is 5.10 Å². The smallest absolute Gasteiger partial charge is 0.242 e. The molecule has 0 fully saturated rings. The Bertz CT molecular complexity index is 1370.